The summed E-state index contributed by atoms with van der Waals surface area (Å²) >= 11 is 0. The van der Waals surface area contributed by atoms with E-state index < -0.39 is 0 Å². The molecule has 0 spiro atoms. The zero-order valence-corrected chi connectivity index (χ0v) is 26.8. The Morgan fingerprint density at radius 3 is 1.98 bits per heavy atom. The number of imidazole rings is 1. The smallest absolute Gasteiger partial charge is 0.232 e. The standard InChI is InChI=1S/C44H30N4O/c1-27-13-5-6-16-30(27)37-25-36(28-14-3-2-4-15-28)45-43(46-37)41-33-19-9-7-17-31(33)40(32-18-8-10-20-34(32)41)29-23-24-39-47-42-35-21-11-12-22-38(35)49-44(42)48(39)26-29/h2-27,30H,1H3. The molecule has 0 saturated heterocycles. The van der Waals surface area contributed by atoms with Crippen molar-refractivity contribution in [3.63, 3.8) is 0 Å². The second kappa shape index (κ2) is 10.9. The molecule has 49 heavy (non-hydrogen) atoms. The summed E-state index contributed by atoms with van der Waals surface area (Å²) in [6, 6.07) is 42.2. The molecule has 4 aromatic heterocycles. The highest BCUT2D eigenvalue weighted by Gasteiger charge is 2.24. The number of hydrogen-bond acceptors (Lipinski definition) is 4. The molecule has 0 saturated carbocycles. The molecule has 0 N–H and O–H groups in total. The monoisotopic (exact) mass is 630 g/mol. The maximum absolute atomic E-state index is 6.34. The van der Waals surface area contributed by atoms with Gasteiger partial charge in [-0.3, -0.25) is 4.40 Å². The number of nitrogens with zero attached hydrogens (tertiary/aromatic N) is 4. The van der Waals surface area contributed by atoms with Gasteiger partial charge in [0.25, 0.3) is 0 Å². The van der Waals surface area contributed by atoms with Gasteiger partial charge in [0.15, 0.2) is 5.82 Å². The number of hydrogen-bond donors (Lipinski definition) is 0. The van der Waals surface area contributed by atoms with E-state index in [2.05, 4.69) is 139 Å². The highest BCUT2D eigenvalue weighted by molar-refractivity contribution is 6.20. The highest BCUT2D eigenvalue weighted by atomic mass is 16.3. The van der Waals surface area contributed by atoms with Gasteiger partial charge in [0.1, 0.15) is 16.7 Å². The summed E-state index contributed by atoms with van der Waals surface area (Å²) in [6.07, 6.45) is 10.9. The number of fused-ring (bicyclic) bond motifs is 7. The highest BCUT2D eigenvalue weighted by Crippen LogP contribution is 2.44. The first kappa shape index (κ1) is 27.8. The number of benzene rings is 5. The zero-order chi connectivity index (χ0) is 32.5. The molecule has 9 aromatic rings. The van der Waals surface area contributed by atoms with Crippen molar-refractivity contribution in [2.24, 2.45) is 5.92 Å². The van der Waals surface area contributed by atoms with Crippen molar-refractivity contribution in [2.75, 3.05) is 0 Å². The van der Waals surface area contributed by atoms with Crippen LogP contribution in [-0.4, -0.2) is 19.4 Å². The van der Waals surface area contributed by atoms with Crippen LogP contribution in [0.3, 0.4) is 0 Å². The Bertz CT molecular complexity index is 2750. The van der Waals surface area contributed by atoms with Gasteiger partial charge < -0.3 is 4.42 Å². The zero-order valence-electron chi connectivity index (χ0n) is 26.8. The summed E-state index contributed by atoms with van der Waals surface area (Å²) in [7, 11) is 0. The van der Waals surface area contributed by atoms with Crippen LogP contribution < -0.4 is 0 Å². The van der Waals surface area contributed by atoms with E-state index >= 15 is 0 Å². The number of rotatable bonds is 4. The maximum atomic E-state index is 6.34. The fourth-order valence-corrected chi connectivity index (χ4v) is 7.57. The summed E-state index contributed by atoms with van der Waals surface area (Å²) in [6.45, 7) is 2.25. The van der Waals surface area contributed by atoms with E-state index in [0.29, 0.717) is 5.92 Å². The van der Waals surface area contributed by atoms with Gasteiger partial charge in [0.05, 0.1) is 11.4 Å². The van der Waals surface area contributed by atoms with Gasteiger partial charge in [0, 0.05) is 28.6 Å². The van der Waals surface area contributed by atoms with E-state index in [0.717, 1.165) is 88.9 Å². The van der Waals surface area contributed by atoms with Crippen molar-refractivity contribution < 1.29 is 4.42 Å². The van der Waals surface area contributed by atoms with Crippen molar-refractivity contribution in [3.8, 4) is 33.8 Å². The molecule has 5 aromatic carbocycles. The summed E-state index contributed by atoms with van der Waals surface area (Å²) in [5, 5.41) is 5.52. The van der Waals surface area contributed by atoms with Gasteiger partial charge in [-0.25, -0.2) is 15.0 Å². The van der Waals surface area contributed by atoms with Crippen LogP contribution in [0.5, 0.6) is 0 Å². The molecule has 0 aliphatic heterocycles. The van der Waals surface area contributed by atoms with E-state index in [-0.39, 0.29) is 5.92 Å². The van der Waals surface area contributed by atoms with Crippen molar-refractivity contribution in [3.05, 3.63) is 158 Å². The minimum atomic E-state index is 0.156. The molecule has 2 atom stereocenters. The number of pyridine rings is 1. The topological polar surface area (TPSA) is 56.2 Å². The van der Waals surface area contributed by atoms with Gasteiger partial charge in [-0.2, -0.15) is 0 Å². The molecule has 0 amide bonds. The van der Waals surface area contributed by atoms with E-state index in [1.807, 2.05) is 24.3 Å². The number of aromatic nitrogens is 4. The van der Waals surface area contributed by atoms with E-state index in [1.54, 1.807) is 0 Å². The number of furan rings is 1. The normalized spacial score (nSPS) is 16.1. The molecule has 10 rings (SSSR count). The lowest BCUT2D eigenvalue weighted by Crippen LogP contribution is -2.11. The minimum Gasteiger partial charge on any atom is -0.437 e. The Morgan fingerprint density at radius 2 is 1.24 bits per heavy atom. The van der Waals surface area contributed by atoms with Crippen LogP contribution in [0.25, 0.3) is 83.2 Å². The van der Waals surface area contributed by atoms with Crippen molar-refractivity contribution in [1.29, 1.82) is 0 Å². The Kier molecular flexibility index (Phi) is 6.15. The molecule has 4 heterocycles. The third-order valence-corrected chi connectivity index (χ3v) is 9.93. The molecule has 0 fully saturated rings. The largest absolute Gasteiger partial charge is 0.437 e. The molecule has 232 valence electrons. The molecular formula is C44H30N4O. The fourth-order valence-electron chi connectivity index (χ4n) is 7.57. The molecule has 0 bridgehead atoms. The van der Waals surface area contributed by atoms with Gasteiger partial charge >= 0.3 is 0 Å². The second-order valence-electron chi connectivity index (χ2n) is 12.9. The van der Waals surface area contributed by atoms with Crippen molar-refractivity contribution in [2.45, 2.75) is 12.8 Å². The van der Waals surface area contributed by atoms with Gasteiger partial charge in [-0.15, -0.1) is 0 Å². The summed E-state index contributed by atoms with van der Waals surface area (Å²) in [4.78, 5) is 15.6. The first-order valence-corrected chi connectivity index (χ1v) is 16.7. The molecule has 5 heteroatoms. The molecule has 2 unspecified atom stereocenters. The van der Waals surface area contributed by atoms with Crippen molar-refractivity contribution >= 4 is 49.4 Å². The summed E-state index contributed by atoms with van der Waals surface area (Å²) in [5.41, 5.74) is 9.63. The summed E-state index contributed by atoms with van der Waals surface area (Å²) < 4.78 is 8.42. The first-order chi connectivity index (χ1) is 24.2. The quantitative estimate of drug-likeness (QED) is 0.182. The molecule has 1 aliphatic carbocycles. The van der Waals surface area contributed by atoms with Crippen LogP contribution in [0, 0.1) is 5.92 Å². The van der Waals surface area contributed by atoms with Crippen LogP contribution in [0.2, 0.25) is 0 Å². The van der Waals surface area contributed by atoms with Crippen LogP contribution in [-0.2, 0) is 0 Å². The lowest BCUT2D eigenvalue weighted by molar-refractivity contribution is 0.619. The van der Waals surface area contributed by atoms with Crippen LogP contribution in [0.4, 0.5) is 0 Å². The molecule has 5 nitrogen and oxygen atoms in total. The third kappa shape index (κ3) is 4.36. The average Bonchev–Trinajstić information content (AvgIpc) is 3.70. The predicted octanol–water partition coefficient (Wildman–Crippen LogP) is 11.2. The Labute approximate surface area is 282 Å². The SMILES string of the molecule is CC1C=CC=CC1c1cc(-c2ccccc2)nc(-c2c3ccccc3c(-c3ccc4nc5c6ccccc6oc5n4c3)c3ccccc23)n1. The van der Waals surface area contributed by atoms with Gasteiger partial charge in [0.2, 0.25) is 5.71 Å². The lowest BCUT2D eigenvalue weighted by atomic mass is 9.86. The average molecular weight is 631 g/mol. The van der Waals surface area contributed by atoms with E-state index in [9.17, 15) is 0 Å². The van der Waals surface area contributed by atoms with E-state index in [1.165, 1.54) is 0 Å². The predicted molar refractivity (Wildman–Crippen MR) is 200 cm³/mol. The Morgan fingerprint density at radius 1 is 0.592 bits per heavy atom. The number of allylic oxidation sites excluding steroid dienone is 4. The number of para-hydroxylation sites is 1. The Hall–Kier alpha value is -6.33. The van der Waals surface area contributed by atoms with Crippen LogP contribution >= 0.6 is 0 Å². The van der Waals surface area contributed by atoms with Crippen molar-refractivity contribution in [1.82, 2.24) is 19.4 Å². The Balaban J connectivity index is 1.25. The molecule has 0 radical (unpaired) electrons. The lowest BCUT2D eigenvalue weighted by Gasteiger charge is -2.22. The summed E-state index contributed by atoms with van der Waals surface area (Å²) in [5.74, 6) is 1.21. The minimum absolute atomic E-state index is 0.156. The fraction of sp³-hybridized carbons (Fsp3) is 0.0682. The first-order valence-electron chi connectivity index (χ1n) is 16.7. The van der Waals surface area contributed by atoms with Crippen LogP contribution in [0.15, 0.2) is 156 Å². The molecular weight excluding hydrogens is 601 g/mol. The van der Waals surface area contributed by atoms with Gasteiger partial charge in [-0.1, -0.05) is 122 Å². The maximum Gasteiger partial charge on any atom is 0.232 e. The van der Waals surface area contributed by atoms with E-state index in [4.69, 9.17) is 19.4 Å². The third-order valence-electron chi connectivity index (χ3n) is 9.93. The van der Waals surface area contributed by atoms with Gasteiger partial charge in [-0.05, 0) is 68.9 Å². The molecule has 1 aliphatic rings. The van der Waals surface area contributed by atoms with Crippen LogP contribution in [0.1, 0.15) is 18.5 Å². The second-order valence-corrected chi connectivity index (χ2v) is 12.9.